The van der Waals surface area contributed by atoms with E-state index >= 15 is 0 Å². The Bertz CT molecular complexity index is 243. The zero-order valence-electron chi connectivity index (χ0n) is 8.25. The van der Waals surface area contributed by atoms with Crippen molar-refractivity contribution in [1.29, 1.82) is 0 Å². The highest BCUT2D eigenvalue weighted by atomic mass is 32.2. The van der Waals surface area contributed by atoms with Gasteiger partial charge in [0.1, 0.15) is 0 Å². The van der Waals surface area contributed by atoms with E-state index in [0.29, 0.717) is 0 Å². The Morgan fingerprint density at radius 3 is 2.85 bits per heavy atom. The third kappa shape index (κ3) is 4.37. The minimum atomic E-state index is 1.06. The quantitative estimate of drug-likeness (QED) is 0.501. The summed E-state index contributed by atoms with van der Waals surface area (Å²) in [4.78, 5) is 1.39. The summed E-state index contributed by atoms with van der Waals surface area (Å²) < 4.78 is 0. The Balaban J connectivity index is 2.28. The van der Waals surface area contributed by atoms with Gasteiger partial charge in [-0.3, -0.25) is 0 Å². The number of hydrogen-bond acceptors (Lipinski definition) is 1. The first kappa shape index (κ1) is 10.6. The summed E-state index contributed by atoms with van der Waals surface area (Å²) >= 11 is 1.95. The van der Waals surface area contributed by atoms with Gasteiger partial charge in [-0.05, 0) is 31.2 Å². The van der Waals surface area contributed by atoms with Crippen molar-refractivity contribution in [2.24, 2.45) is 0 Å². The molecule has 0 spiro atoms. The fraction of sp³-hybridized carbons (Fsp3) is 0.417. The van der Waals surface area contributed by atoms with Crippen molar-refractivity contribution in [3.8, 4) is 0 Å². The molecule has 0 heterocycles. The van der Waals surface area contributed by atoms with Crippen LogP contribution in [0.4, 0.5) is 0 Å². The lowest BCUT2D eigenvalue weighted by Gasteiger charge is -2.01. The standard InChI is InChI=1S/C12H17S/c1-3-4-5-9-13-12-8-6-7-11(2)10-12/h6-8,10H,1,3-5,9H2,2H3. The molecular formula is C12H17S. The molecule has 1 heteroatoms. The van der Waals surface area contributed by atoms with Gasteiger partial charge in [-0.25, -0.2) is 0 Å². The van der Waals surface area contributed by atoms with Crippen LogP contribution in [-0.4, -0.2) is 5.75 Å². The molecule has 0 aliphatic heterocycles. The molecule has 0 nitrogen and oxygen atoms in total. The highest BCUT2D eigenvalue weighted by Crippen LogP contribution is 2.20. The smallest absolute Gasteiger partial charge is 0.00745 e. The van der Waals surface area contributed by atoms with Gasteiger partial charge in [0.15, 0.2) is 0 Å². The van der Waals surface area contributed by atoms with Gasteiger partial charge in [-0.15, -0.1) is 11.8 Å². The van der Waals surface area contributed by atoms with Crippen LogP contribution in [0.2, 0.25) is 0 Å². The molecule has 0 saturated heterocycles. The lowest BCUT2D eigenvalue weighted by molar-refractivity contribution is 0.821. The van der Waals surface area contributed by atoms with E-state index in [1.165, 1.54) is 29.1 Å². The SMILES string of the molecule is [CH2]CCCCSc1cccc(C)c1. The fourth-order valence-electron chi connectivity index (χ4n) is 1.17. The number of unbranched alkanes of at least 4 members (excludes halogenated alkanes) is 2. The minimum absolute atomic E-state index is 1.06. The molecule has 0 aliphatic rings. The Labute approximate surface area is 85.7 Å². The molecule has 71 valence electrons. The molecule has 0 unspecified atom stereocenters. The van der Waals surface area contributed by atoms with E-state index in [1.807, 2.05) is 11.8 Å². The van der Waals surface area contributed by atoms with Gasteiger partial charge in [0, 0.05) is 4.90 Å². The van der Waals surface area contributed by atoms with Crippen molar-refractivity contribution in [2.45, 2.75) is 31.1 Å². The summed E-state index contributed by atoms with van der Waals surface area (Å²) in [6.45, 7) is 5.97. The van der Waals surface area contributed by atoms with Crippen molar-refractivity contribution < 1.29 is 0 Å². The molecule has 1 radical (unpaired) electrons. The summed E-state index contributed by atoms with van der Waals surface area (Å²) in [5.74, 6) is 1.22. The fourth-order valence-corrected chi connectivity index (χ4v) is 2.20. The third-order valence-electron chi connectivity index (χ3n) is 1.90. The predicted octanol–water partition coefficient (Wildman–Crippen LogP) is 4.09. The molecule has 13 heavy (non-hydrogen) atoms. The minimum Gasteiger partial charge on any atom is -0.126 e. The lowest BCUT2D eigenvalue weighted by Crippen LogP contribution is -1.80. The van der Waals surface area contributed by atoms with Gasteiger partial charge < -0.3 is 0 Å². The monoisotopic (exact) mass is 193 g/mol. The second kappa shape index (κ2) is 6.09. The van der Waals surface area contributed by atoms with Crippen LogP contribution < -0.4 is 0 Å². The molecule has 1 aromatic rings. The average Bonchev–Trinajstić information content (AvgIpc) is 2.13. The van der Waals surface area contributed by atoms with Gasteiger partial charge in [0.05, 0.1) is 0 Å². The van der Waals surface area contributed by atoms with Crippen LogP contribution in [-0.2, 0) is 0 Å². The van der Waals surface area contributed by atoms with Gasteiger partial charge >= 0.3 is 0 Å². The number of aryl methyl sites for hydroxylation is 1. The Morgan fingerprint density at radius 2 is 2.15 bits per heavy atom. The van der Waals surface area contributed by atoms with Crippen LogP contribution in [0.5, 0.6) is 0 Å². The third-order valence-corrected chi connectivity index (χ3v) is 2.98. The number of benzene rings is 1. The van der Waals surface area contributed by atoms with Crippen molar-refractivity contribution in [2.75, 3.05) is 5.75 Å². The second-order valence-corrected chi connectivity index (χ2v) is 4.39. The van der Waals surface area contributed by atoms with Crippen molar-refractivity contribution in [3.63, 3.8) is 0 Å². The topological polar surface area (TPSA) is 0 Å². The Kier molecular flexibility index (Phi) is 4.99. The molecule has 0 saturated carbocycles. The molecule has 0 aromatic heterocycles. The van der Waals surface area contributed by atoms with Crippen molar-refractivity contribution in [3.05, 3.63) is 36.8 Å². The van der Waals surface area contributed by atoms with E-state index in [9.17, 15) is 0 Å². The van der Waals surface area contributed by atoms with Gasteiger partial charge in [0.25, 0.3) is 0 Å². The van der Waals surface area contributed by atoms with Crippen LogP contribution in [0.3, 0.4) is 0 Å². The Hall–Kier alpha value is -0.430. The second-order valence-electron chi connectivity index (χ2n) is 3.23. The summed E-state index contributed by atoms with van der Waals surface area (Å²) in [6, 6.07) is 8.69. The highest BCUT2D eigenvalue weighted by molar-refractivity contribution is 7.99. The van der Waals surface area contributed by atoms with E-state index < -0.39 is 0 Å². The molecule has 0 fully saturated rings. The maximum atomic E-state index is 3.84. The average molecular weight is 193 g/mol. The number of rotatable bonds is 5. The summed E-state index contributed by atoms with van der Waals surface area (Å²) in [7, 11) is 0. The summed E-state index contributed by atoms with van der Waals surface area (Å²) in [5.41, 5.74) is 1.35. The van der Waals surface area contributed by atoms with Crippen molar-refractivity contribution in [1.82, 2.24) is 0 Å². The normalized spacial score (nSPS) is 10.3. The zero-order chi connectivity index (χ0) is 9.52. The maximum absolute atomic E-state index is 3.84. The van der Waals surface area contributed by atoms with Gasteiger partial charge in [-0.2, -0.15) is 0 Å². The molecule has 0 bridgehead atoms. The molecule has 0 N–H and O–H groups in total. The van der Waals surface area contributed by atoms with Gasteiger partial charge in [0.2, 0.25) is 0 Å². The predicted molar refractivity (Wildman–Crippen MR) is 61.1 cm³/mol. The molecule has 0 aliphatic carbocycles. The molecular weight excluding hydrogens is 176 g/mol. The van der Waals surface area contributed by atoms with Crippen LogP contribution >= 0.6 is 11.8 Å². The lowest BCUT2D eigenvalue weighted by atomic mass is 10.2. The van der Waals surface area contributed by atoms with E-state index in [0.717, 1.165) is 6.42 Å². The first-order valence-electron chi connectivity index (χ1n) is 4.81. The van der Waals surface area contributed by atoms with Crippen molar-refractivity contribution >= 4 is 11.8 Å². The molecule has 1 aromatic carbocycles. The number of thioether (sulfide) groups is 1. The van der Waals surface area contributed by atoms with E-state index in [4.69, 9.17) is 0 Å². The summed E-state index contributed by atoms with van der Waals surface area (Å²) in [6.07, 6.45) is 3.59. The molecule has 0 amide bonds. The Morgan fingerprint density at radius 1 is 1.31 bits per heavy atom. The van der Waals surface area contributed by atoms with Crippen LogP contribution in [0, 0.1) is 13.8 Å². The van der Waals surface area contributed by atoms with Gasteiger partial charge in [-0.1, -0.05) is 37.5 Å². The van der Waals surface area contributed by atoms with Crippen LogP contribution in [0.15, 0.2) is 29.2 Å². The van der Waals surface area contributed by atoms with E-state index in [-0.39, 0.29) is 0 Å². The highest BCUT2D eigenvalue weighted by Gasteiger charge is 1.93. The van der Waals surface area contributed by atoms with E-state index in [2.05, 4.69) is 38.1 Å². The zero-order valence-corrected chi connectivity index (χ0v) is 9.07. The van der Waals surface area contributed by atoms with E-state index in [1.54, 1.807) is 0 Å². The first-order chi connectivity index (χ1) is 6.33. The molecule has 0 atom stereocenters. The number of hydrogen-bond donors (Lipinski definition) is 0. The maximum Gasteiger partial charge on any atom is 0.00745 e. The summed E-state index contributed by atoms with van der Waals surface area (Å²) in [5, 5.41) is 0. The van der Waals surface area contributed by atoms with Crippen LogP contribution in [0.25, 0.3) is 0 Å². The van der Waals surface area contributed by atoms with Crippen LogP contribution in [0.1, 0.15) is 24.8 Å². The molecule has 1 rings (SSSR count). The first-order valence-corrected chi connectivity index (χ1v) is 5.80. The largest absolute Gasteiger partial charge is 0.126 e.